The van der Waals surface area contributed by atoms with Gasteiger partial charge in [0.1, 0.15) is 22.8 Å². The minimum absolute atomic E-state index is 0.0202. The van der Waals surface area contributed by atoms with E-state index in [4.69, 9.17) is 14.9 Å². The number of carbonyl (C=O) groups is 1. The van der Waals surface area contributed by atoms with E-state index in [1.54, 1.807) is 35.2 Å². The number of nitrogens with zero attached hydrogens (tertiary/aromatic N) is 2. The first-order valence-corrected chi connectivity index (χ1v) is 10.6. The van der Waals surface area contributed by atoms with Crippen LogP contribution in [0.25, 0.3) is 16.5 Å². The summed E-state index contributed by atoms with van der Waals surface area (Å²) in [5, 5.41) is 10.7. The van der Waals surface area contributed by atoms with Crippen molar-refractivity contribution in [3.8, 4) is 11.8 Å². The van der Waals surface area contributed by atoms with E-state index in [0.717, 1.165) is 11.1 Å². The summed E-state index contributed by atoms with van der Waals surface area (Å²) in [6, 6.07) is 14.5. The summed E-state index contributed by atoms with van der Waals surface area (Å²) in [5.41, 5.74) is 6.32. The fourth-order valence-corrected chi connectivity index (χ4v) is 5.66. The largest absolute Gasteiger partial charge is 0.439 e. The molecule has 7 heteroatoms. The Bertz CT molecular complexity index is 1600. The van der Waals surface area contributed by atoms with E-state index in [9.17, 15) is 14.9 Å². The Morgan fingerprint density at radius 2 is 1.85 bits per heavy atom. The number of anilines is 1. The molecular weight excluding hydrogens is 418 g/mol. The molecule has 33 heavy (non-hydrogen) atoms. The van der Waals surface area contributed by atoms with Gasteiger partial charge in [-0.2, -0.15) is 5.26 Å². The van der Waals surface area contributed by atoms with Crippen LogP contribution in [0.1, 0.15) is 37.5 Å². The molecular formula is C26H19N3O4. The SMILES string of the molecule is CC1=CC(C)(C)N2C(=O)[C@@]3(C(C#N)=C(N)Oc4c3c(=O)oc3ccccc43)c3cccc1c32. The lowest BCUT2D eigenvalue weighted by Gasteiger charge is -2.40. The van der Waals surface area contributed by atoms with E-state index in [2.05, 4.69) is 6.07 Å². The summed E-state index contributed by atoms with van der Waals surface area (Å²) in [6.45, 7) is 5.84. The number of amides is 1. The highest BCUT2D eigenvalue weighted by Gasteiger charge is 2.64. The van der Waals surface area contributed by atoms with Crippen LogP contribution in [-0.2, 0) is 10.2 Å². The molecule has 0 fully saturated rings. The van der Waals surface area contributed by atoms with E-state index in [-0.39, 0.29) is 22.8 Å². The Morgan fingerprint density at radius 1 is 1.09 bits per heavy atom. The van der Waals surface area contributed by atoms with Gasteiger partial charge in [0, 0.05) is 11.1 Å². The molecule has 7 nitrogen and oxygen atoms in total. The van der Waals surface area contributed by atoms with Gasteiger partial charge in [0.2, 0.25) is 11.8 Å². The smallest absolute Gasteiger partial charge is 0.345 e. The molecule has 0 saturated carbocycles. The first-order valence-electron chi connectivity index (χ1n) is 10.6. The van der Waals surface area contributed by atoms with Gasteiger partial charge in [-0.15, -0.1) is 0 Å². The first kappa shape index (κ1) is 19.4. The fraction of sp³-hybridized carbons (Fsp3) is 0.192. The monoisotopic (exact) mass is 437 g/mol. The zero-order valence-corrected chi connectivity index (χ0v) is 18.2. The van der Waals surface area contributed by atoms with Crippen LogP contribution in [0.5, 0.6) is 5.75 Å². The summed E-state index contributed by atoms with van der Waals surface area (Å²) in [7, 11) is 0. The number of allylic oxidation sites excluding steroid dienone is 1. The Morgan fingerprint density at radius 3 is 2.61 bits per heavy atom. The number of hydrogen-bond donors (Lipinski definition) is 1. The summed E-state index contributed by atoms with van der Waals surface area (Å²) in [4.78, 5) is 29.6. The van der Waals surface area contributed by atoms with Crippen molar-refractivity contribution in [2.24, 2.45) is 5.73 Å². The van der Waals surface area contributed by atoms with Gasteiger partial charge in [-0.1, -0.05) is 36.4 Å². The van der Waals surface area contributed by atoms with Crippen molar-refractivity contribution in [1.29, 1.82) is 5.26 Å². The standard InChI is InChI=1S/C26H19N3O4/c1-13-11-25(2,3)29-20-14(13)8-6-9-16(20)26(24(29)31)17(12-27)22(28)33-21-15-7-4-5-10-18(15)32-23(30)19(21)26/h4-11H,28H2,1-3H3/t26-/m1/s1. The summed E-state index contributed by atoms with van der Waals surface area (Å²) in [6.07, 6.45) is 2.01. The maximum atomic E-state index is 14.5. The minimum atomic E-state index is -1.77. The number of nitriles is 1. The second kappa shape index (κ2) is 5.93. The maximum absolute atomic E-state index is 14.5. The molecule has 3 aromatic rings. The van der Waals surface area contributed by atoms with Crippen LogP contribution in [-0.4, -0.2) is 11.4 Å². The average molecular weight is 437 g/mol. The van der Waals surface area contributed by atoms with Crippen molar-refractivity contribution in [3.63, 3.8) is 0 Å². The molecule has 1 aromatic heterocycles. The van der Waals surface area contributed by atoms with Gasteiger partial charge in [-0.3, -0.25) is 4.79 Å². The molecule has 162 valence electrons. The van der Waals surface area contributed by atoms with Crippen molar-refractivity contribution in [2.45, 2.75) is 31.7 Å². The summed E-state index contributed by atoms with van der Waals surface area (Å²) >= 11 is 0. The third-order valence-corrected chi connectivity index (χ3v) is 6.84. The molecule has 4 heterocycles. The molecule has 0 unspecified atom stereocenters. The first-order chi connectivity index (χ1) is 15.7. The molecule has 2 N–H and O–H groups in total. The van der Waals surface area contributed by atoms with Gasteiger partial charge < -0.3 is 19.8 Å². The zero-order chi connectivity index (χ0) is 23.3. The van der Waals surface area contributed by atoms with Crippen LogP contribution in [0.15, 0.2) is 69.2 Å². The van der Waals surface area contributed by atoms with E-state index >= 15 is 0 Å². The van der Waals surface area contributed by atoms with E-state index in [1.165, 1.54) is 0 Å². The van der Waals surface area contributed by atoms with Crippen molar-refractivity contribution in [3.05, 3.63) is 87.1 Å². The molecule has 1 atom stereocenters. The van der Waals surface area contributed by atoms with Gasteiger partial charge >= 0.3 is 5.63 Å². The highest BCUT2D eigenvalue weighted by atomic mass is 16.5. The number of ether oxygens (including phenoxy) is 1. The maximum Gasteiger partial charge on any atom is 0.345 e. The molecule has 0 saturated heterocycles. The molecule has 0 aliphatic carbocycles. The minimum Gasteiger partial charge on any atom is -0.439 e. The second-order valence-corrected chi connectivity index (χ2v) is 9.12. The number of benzene rings is 2. The molecule has 3 aliphatic rings. The number of carbonyl (C=O) groups excluding carboxylic acids is 1. The third-order valence-electron chi connectivity index (χ3n) is 6.84. The topological polar surface area (TPSA) is 110 Å². The lowest BCUT2D eigenvalue weighted by molar-refractivity contribution is -0.121. The van der Waals surface area contributed by atoms with Gasteiger partial charge in [0.15, 0.2) is 11.2 Å². The van der Waals surface area contributed by atoms with Crippen LogP contribution >= 0.6 is 0 Å². The van der Waals surface area contributed by atoms with Gasteiger partial charge in [-0.05, 0) is 38.5 Å². The zero-order valence-electron chi connectivity index (χ0n) is 18.2. The van der Waals surface area contributed by atoms with Crippen molar-refractivity contribution < 1.29 is 13.9 Å². The summed E-state index contributed by atoms with van der Waals surface area (Å²) < 4.78 is 11.5. The number of nitrogens with two attached hydrogens (primary N) is 1. The number of fused-ring (bicyclic) bond motifs is 5. The molecule has 6 rings (SSSR count). The Hall–Kier alpha value is -4.31. The van der Waals surface area contributed by atoms with Gasteiger partial charge in [-0.25, -0.2) is 4.79 Å². The predicted molar refractivity (Wildman–Crippen MR) is 122 cm³/mol. The van der Waals surface area contributed by atoms with E-state index < -0.39 is 22.5 Å². The van der Waals surface area contributed by atoms with Crippen LogP contribution in [0.4, 0.5) is 5.69 Å². The van der Waals surface area contributed by atoms with Crippen LogP contribution in [0.2, 0.25) is 0 Å². The highest BCUT2D eigenvalue weighted by Crippen LogP contribution is 2.59. The molecule has 1 amide bonds. The fourth-order valence-electron chi connectivity index (χ4n) is 5.66. The molecule has 1 spiro atoms. The Labute approximate surface area is 189 Å². The van der Waals surface area contributed by atoms with E-state index in [1.807, 2.05) is 39.0 Å². The highest BCUT2D eigenvalue weighted by molar-refractivity contribution is 6.18. The molecule has 0 bridgehead atoms. The second-order valence-electron chi connectivity index (χ2n) is 9.12. The quantitative estimate of drug-likeness (QED) is 0.537. The van der Waals surface area contributed by atoms with Crippen molar-refractivity contribution >= 4 is 28.1 Å². The van der Waals surface area contributed by atoms with E-state index in [0.29, 0.717) is 22.2 Å². The lowest BCUT2D eigenvalue weighted by Crippen LogP contribution is -2.54. The molecule has 3 aliphatic heterocycles. The molecule has 0 radical (unpaired) electrons. The van der Waals surface area contributed by atoms with Crippen LogP contribution in [0, 0.1) is 11.3 Å². The summed E-state index contributed by atoms with van der Waals surface area (Å²) in [5.74, 6) is -0.481. The average Bonchev–Trinajstić information content (AvgIpc) is 3.02. The van der Waals surface area contributed by atoms with Crippen molar-refractivity contribution in [1.82, 2.24) is 0 Å². The Kier molecular flexibility index (Phi) is 3.48. The number of rotatable bonds is 0. The third kappa shape index (κ3) is 2.08. The Balaban J connectivity index is 1.85. The number of hydrogen-bond acceptors (Lipinski definition) is 6. The van der Waals surface area contributed by atoms with Crippen LogP contribution in [0.3, 0.4) is 0 Å². The lowest BCUT2D eigenvalue weighted by atomic mass is 9.68. The van der Waals surface area contributed by atoms with Gasteiger partial charge in [0.25, 0.3) is 0 Å². The van der Waals surface area contributed by atoms with Gasteiger partial charge in [0.05, 0.1) is 16.6 Å². The van der Waals surface area contributed by atoms with Crippen molar-refractivity contribution in [2.75, 3.05) is 4.90 Å². The molecule has 2 aromatic carbocycles. The normalized spacial score (nSPS) is 22.1. The number of para-hydroxylation sites is 2. The predicted octanol–water partition coefficient (Wildman–Crippen LogP) is 3.71. The van der Waals surface area contributed by atoms with Crippen LogP contribution < -0.4 is 21.0 Å².